The van der Waals surface area contributed by atoms with Crippen molar-refractivity contribution in [1.29, 1.82) is 0 Å². The van der Waals surface area contributed by atoms with E-state index in [4.69, 9.17) is 19.3 Å². The molecule has 1 saturated heterocycles. The Balaban J connectivity index is 2.26. The van der Waals surface area contributed by atoms with E-state index < -0.39 is 0 Å². The third-order valence-corrected chi connectivity index (χ3v) is 2.46. The van der Waals surface area contributed by atoms with Crippen molar-refractivity contribution in [3.05, 3.63) is 0 Å². The van der Waals surface area contributed by atoms with Gasteiger partial charge in [-0.05, 0) is 19.3 Å². The lowest BCUT2D eigenvalue weighted by molar-refractivity contribution is -0.0923. The third kappa shape index (κ3) is 3.92. The van der Waals surface area contributed by atoms with Gasteiger partial charge in [0.25, 0.3) is 0 Å². The van der Waals surface area contributed by atoms with E-state index in [9.17, 15) is 0 Å². The number of hydrogen-bond acceptors (Lipinski definition) is 4. The first-order valence-electron chi connectivity index (χ1n) is 5.21. The zero-order valence-corrected chi connectivity index (χ0v) is 8.78. The second kappa shape index (κ2) is 7.17. The van der Waals surface area contributed by atoms with Crippen LogP contribution in [-0.4, -0.2) is 44.9 Å². The molecular weight excluding hydrogens is 184 g/mol. The van der Waals surface area contributed by atoms with Crippen LogP contribution in [0.2, 0.25) is 0 Å². The molecule has 1 unspecified atom stereocenters. The smallest absolute Gasteiger partial charge is 0.160 e. The van der Waals surface area contributed by atoms with Gasteiger partial charge < -0.3 is 19.3 Å². The SMILES string of the molecule is COCCC(CCCO)C1OCCO1. The molecule has 1 heterocycles. The van der Waals surface area contributed by atoms with E-state index in [2.05, 4.69) is 0 Å². The van der Waals surface area contributed by atoms with Gasteiger partial charge in [-0.25, -0.2) is 0 Å². The minimum Gasteiger partial charge on any atom is -0.396 e. The van der Waals surface area contributed by atoms with Crippen molar-refractivity contribution < 1.29 is 19.3 Å². The van der Waals surface area contributed by atoms with E-state index in [0.717, 1.165) is 25.9 Å². The Bertz CT molecular complexity index is 126. The molecule has 4 heteroatoms. The predicted octanol–water partition coefficient (Wildman–Crippen LogP) is 0.784. The van der Waals surface area contributed by atoms with Crippen LogP contribution in [0.5, 0.6) is 0 Å². The van der Waals surface area contributed by atoms with Crippen LogP contribution in [0.4, 0.5) is 0 Å². The van der Waals surface area contributed by atoms with Crippen molar-refractivity contribution in [2.45, 2.75) is 25.6 Å². The van der Waals surface area contributed by atoms with Gasteiger partial charge >= 0.3 is 0 Å². The molecule has 0 radical (unpaired) electrons. The molecule has 1 rings (SSSR count). The highest BCUT2D eigenvalue weighted by molar-refractivity contribution is 4.66. The lowest BCUT2D eigenvalue weighted by Crippen LogP contribution is -2.23. The maximum Gasteiger partial charge on any atom is 0.160 e. The summed E-state index contributed by atoms with van der Waals surface area (Å²) >= 11 is 0. The van der Waals surface area contributed by atoms with Gasteiger partial charge in [0.2, 0.25) is 0 Å². The number of ether oxygens (including phenoxy) is 3. The van der Waals surface area contributed by atoms with Crippen molar-refractivity contribution in [2.24, 2.45) is 5.92 Å². The fourth-order valence-electron chi connectivity index (χ4n) is 1.69. The van der Waals surface area contributed by atoms with Crippen LogP contribution in [0.25, 0.3) is 0 Å². The van der Waals surface area contributed by atoms with E-state index >= 15 is 0 Å². The molecule has 0 aliphatic carbocycles. The third-order valence-electron chi connectivity index (χ3n) is 2.46. The summed E-state index contributed by atoms with van der Waals surface area (Å²) in [6, 6.07) is 0. The summed E-state index contributed by atoms with van der Waals surface area (Å²) in [6.07, 6.45) is 2.58. The van der Waals surface area contributed by atoms with E-state index in [1.165, 1.54) is 0 Å². The fourth-order valence-corrected chi connectivity index (χ4v) is 1.69. The van der Waals surface area contributed by atoms with Crippen LogP contribution < -0.4 is 0 Å². The summed E-state index contributed by atoms with van der Waals surface area (Å²) in [7, 11) is 1.69. The number of aliphatic hydroxyl groups is 1. The lowest BCUT2D eigenvalue weighted by Gasteiger charge is -2.21. The summed E-state index contributed by atoms with van der Waals surface area (Å²) in [6.45, 7) is 2.33. The Morgan fingerprint density at radius 3 is 2.64 bits per heavy atom. The zero-order valence-electron chi connectivity index (χ0n) is 8.78. The van der Waals surface area contributed by atoms with Gasteiger partial charge in [0, 0.05) is 26.2 Å². The van der Waals surface area contributed by atoms with Crippen molar-refractivity contribution >= 4 is 0 Å². The van der Waals surface area contributed by atoms with Crippen LogP contribution in [-0.2, 0) is 14.2 Å². The average Bonchev–Trinajstić information content (AvgIpc) is 2.71. The van der Waals surface area contributed by atoms with E-state index in [1.807, 2.05) is 0 Å². The topological polar surface area (TPSA) is 47.9 Å². The van der Waals surface area contributed by atoms with Gasteiger partial charge in [0.05, 0.1) is 13.2 Å². The molecule has 0 aromatic heterocycles. The molecule has 1 atom stereocenters. The summed E-state index contributed by atoms with van der Waals surface area (Å²) in [5, 5.41) is 8.77. The summed E-state index contributed by atoms with van der Waals surface area (Å²) < 4.78 is 15.9. The summed E-state index contributed by atoms with van der Waals surface area (Å²) in [4.78, 5) is 0. The predicted molar refractivity (Wildman–Crippen MR) is 52.0 cm³/mol. The Labute approximate surface area is 85.2 Å². The van der Waals surface area contributed by atoms with Gasteiger partial charge in [0.15, 0.2) is 6.29 Å². The first-order chi connectivity index (χ1) is 6.88. The maximum absolute atomic E-state index is 8.77. The minimum absolute atomic E-state index is 0.0864. The molecule has 1 aliphatic rings. The average molecular weight is 204 g/mol. The first kappa shape index (κ1) is 11.9. The normalized spacial score (nSPS) is 20.1. The second-order valence-corrected chi connectivity index (χ2v) is 3.52. The minimum atomic E-state index is -0.0864. The quantitative estimate of drug-likeness (QED) is 0.666. The monoisotopic (exact) mass is 204 g/mol. The lowest BCUT2D eigenvalue weighted by atomic mass is 9.99. The van der Waals surface area contributed by atoms with Gasteiger partial charge in [-0.15, -0.1) is 0 Å². The Morgan fingerprint density at radius 1 is 1.36 bits per heavy atom. The zero-order chi connectivity index (χ0) is 10.2. The number of rotatable bonds is 7. The van der Waals surface area contributed by atoms with Gasteiger partial charge in [0.1, 0.15) is 0 Å². The molecule has 1 fully saturated rings. The highest BCUT2D eigenvalue weighted by Gasteiger charge is 2.25. The van der Waals surface area contributed by atoms with Crippen LogP contribution in [0.15, 0.2) is 0 Å². The first-order valence-corrected chi connectivity index (χ1v) is 5.21. The van der Waals surface area contributed by atoms with E-state index in [1.54, 1.807) is 7.11 Å². The highest BCUT2D eigenvalue weighted by Crippen LogP contribution is 2.22. The van der Waals surface area contributed by atoms with Crippen LogP contribution >= 0.6 is 0 Å². The van der Waals surface area contributed by atoms with Gasteiger partial charge in [-0.3, -0.25) is 0 Å². The Morgan fingerprint density at radius 2 is 2.07 bits per heavy atom. The molecule has 0 spiro atoms. The van der Waals surface area contributed by atoms with Crippen LogP contribution in [0.1, 0.15) is 19.3 Å². The van der Waals surface area contributed by atoms with Crippen LogP contribution in [0.3, 0.4) is 0 Å². The Hall–Kier alpha value is -0.160. The van der Waals surface area contributed by atoms with Crippen molar-refractivity contribution in [2.75, 3.05) is 33.5 Å². The standard InChI is InChI=1S/C10H20O4/c1-12-6-4-9(3-2-5-11)10-13-7-8-14-10/h9-11H,2-8H2,1H3. The van der Waals surface area contributed by atoms with E-state index in [0.29, 0.717) is 19.1 Å². The fraction of sp³-hybridized carbons (Fsp3) is 1.00. The molecule has 0 aromatic carbocycles. The van der Waals surface area contributed by atoms with Crippen molar-refractivity contribution in [3.8, 4) is 0 Å². The number of aliphatic hydroxyl groups excluding tert-OH is 1. The molecule has 0 saturated carbocycles. The molecule has 0 bridgehead atoms. The number of hydrogen-bond donors (Lipinski definition) is 1. The molecule has 4 nitrogen and oxygen atoms in total. The van der Waals surface area contributed by atoms with E-state index in [-0.39, 0.29) is 12.9 Å². The second-order valence-electron chi connectivity index (χ2n) is 3.52. The maximum atomic E-state index is 8.77. The molecule has 0 amide bonds. The molecule has 14 heavy (non-hydrogen) atoms. The molecule has 1 aliphatic heterocycles. The molecular formula is C10H20O4. The van der Waals surface area contributed by atoms with Crippen molar-refractivity contribution in [3.63, 3.8) is 0 Å². The van der Waals surface area contributed by atoms with Crippen molar-refractivity contribution in [1.82, 2.24) is 0 Å². The highest BCUT2D eigenvalue weighted by atomic mass is 16.7. The van der Waals surface area contributed by atoms with Gasteiger partial charge in [-0.2, -0.15) is 0 Å². The largest absolute Gasteiger partial charge is 0.396 e. The summed E-state index contributed by atoms with van der Waals surface area (Å²) in [5.41, 5.74) is 0. The molecule has 0 aromatic rings. The number of methoxy groups -OCH3 is 1. The van der Waals surface area contributed by atoms with Gasteiger partial charge in [-0.1, -0.05) is 0 Å². The summed E-state index contributed by atoms with van der Waals surface area (Å²) in [5.74, 6) is 0.351. The molecule has 1 N–H and O–H groups in total. The van der Waals surface area contributed by atoms with Crippen LogP contribution in [0, 0.1) is 5.92 Å². The molecule has 84 valence electrons. The Kier molecular flexibility index (Phi) is 6.10.